The number of aliphatic hydroxyl groups is 4. The molecule has 4 heteroatoms. The first kappa shape index (κ1) is 15.0. The molecule has 0 bridgehead atoms. The third-order valence-corrected chi connectivity index (χ3v) is 9.97. The summed E-state index contributed by atoms with van der Waals surface area (Å²) in [6, 6.07) is 0. The maximum absolute atomic E-state index is 10.7. The molecule has 0 aromatic rings. The summed E-state index contributed by atoms with van der Waals surface area (Å²) in [5.74, 6) is 5.66. The number of hydrogen-bond donors (Lipinski definition) is 4. The van der Waals surface area contributed by atoms with Crippen molar-refractivity contribution >= 4 is 0 Å². The van der Waals surface area contributed by atoms with E-state index in [0.29, 0.717) is 71.0 Å². The van der Waals surface area contributed by atoms with Gasteiger partial charge in [0, 0.05) is 13.2 Å². The first-order chi connectivity index (χ1) is 11.7. The predicted molar refractivity (Wildman–Crippen MR) is 86.5 cm³/mol. The van der Waals surface area contributed by atoms with Crippen molar-refractivity contribution in [2.24, 2.45) is 71.0 Å². The predicted octanol–water partition coefficient (Wildman–Crippen LogP) is 0.729. The van der Waals surface area contributed by atoms with Crippen LogP contribution < -0.4 is 0 Å². The Hall–Kier alpha value is -0.160. The fraction of sp³-hybridized carbons (Fsp3) is 1.00. The van der Waals surface area contributed by atoms with Crippen LogP contribution in [0.15, 0.2) is 0 Å². The molecule has 24 heavy (non-hydrogen) atoms. The van der Waals surface area contributed by atoms with Crippen LogP contribution in [0.3, 0.4) is 0 Å². The molecule has 0 heterocycles. The minimum Gasteiger partial charge on any atom is -0.396 e. The van der Waals surface area contributed by atoms with E-state index in [2.05, 4.69) is 0 Å². The van der Waals surface area contributed by atoms with Gasteiger partial charge >= 0.3 is 0 Å². The van der Waals surface area contributed by atoms with Gasteiger partial charge < -0.3 is 20.4 Å². The maximum Gasteiger partial charge on any atom is 0.0574 e. The number of hydrogen-bond acceptors (Lipinski definition) is 4. The van der Waals surface area contributed by atoms with Crippen molar-refractivity contribution in [3.05, 3.63) is 0 Å². The highest BCUT2D eigenvalue weighted by Crippen LogP contribution is 2.79. The Morgan fingerprint density at radius 3 is 1.29 bits per heavy atom. The quantitative estimate of drug-likeness (QED) is 0.600. The highest BCUT2D eigenvalue weighted by Gasteiger charge is 2.77. The van der Waals surface area contributed by atoms with Crippen molar-refractivity contribution in [1.29, 1.82) is 0 Å². The van der Waals surface area contributed by atoms with E-state index >= 15 is 0 Å². The zero-order chi connectivity index (χ0) is 16.3. The van der Waals surface area contributed by atoms with Crippen LogP contribution in [0.1, 0.15) is 25.7 Å². The van der Waals surface area contributed by atoms with Crippen molar-refractivity contribution in [3.8, 4) is 0 Å². The van der Waals surface area contributed by atoms with Gasteiger partial charge in [-0.15, -0.1) is 0 Å². The fourth-order valence-electron chi connectivity index (χ4n) is 10.0. The van der Waals surface area contributed by atoms with Crippen molar-refractivity contribution < 1.29 is 20.4 Å². The third-order valence-electron chi connectivity index (χ3n) is 9.97. The van der Waals surface area contributed by atoms with Crippen molar-refractivity contribution in [3.63, 3.8) is 0 Å². The monoisotopic (exact) mass is 334 g/mol. The zero-order valence-corrected chi connectivity index (χ0v) is 14.1. The average Bonchev–Trinajstić information content (AvgIpc) is 3.32. The summed E-state index contributed by atoms with van der Waals surface area (Å²) in [6.07, 6.45) is 3.61. The van der Waals surface area contributed by atoms with Crippen LogP contribution in [0, 0.1) is 71.0 Å². The van der Waals surface area contributed by atoms with Gasteiger partial charge in [-0.25, -0.2) is 0 Å². The zero-order valence-electron chi connectivity index (χ0n) is 14.1. The SMILES string of the molecule is OC[C@@H]1[C@@H]2[C@@H]3CC[C@H](O)[C@@H]3[C@H]3[C@@H](CO)[C@H]4[C@@H]5CC[C@@H](O)[C@H]5[C@@H]1[C@H]4[C@@H]23. The normalized spacial score (nSPS) is 68.5. The lowest BCUT2D eigenvalue weighted by atomic mass is 9.72. The highest BCUT2D eigenvalue weighted by atomic mass is 16.3. The van der Waals surface area contributed by atoms with Crippen LogP contribution in [0.5, 0.6) is 0 Å². The topological polar surface area (TPSA) is 80.9 Å². The van der Waals surface area contributed by atoms with E-state index in [-0.39, 0.29) is 25.4 Å². The fourth-order valence-corrected chi connectivity index (χ4v) is 10.0. The lowest BCUT2D eigenvalue weighted by Gasteiger charge is -2.34. The van der Waals surface area contributed by atoms with Gasteiger partial charge in [0.1, 0.15) is 0 Å². The summed E-state index contributed by atoms with van der Waals surface area (Å²) in [7, 11) is 0. The van der Waals surface area contributed by atoms with Gasteiger partial charge in [-0.1, -0.05) is 0 Å². The molecular formula is C20H30O4. The molecule has 14 atom stereocenters. The van der Waals surface area contributed by atoms with Crippen molar-refractivity contribution in [2.75, 3.05) is 13.2 Å². The van der Waals surface area contributed by atoms with Gasteiger partial charge in [0.15, 0.2) is 0 Å². The van der Waals surface area contributed by atoms with Gasteiger partial charge in [0.25, 0.3) is 0 Å². The smallest absolute Gasteiger partial charge is 0.0574 e. The van der Waals surface area contributed by atoms with Gasteiger partial charge in [-0.3, -0.25) is 0 Å². The molecule has 6 rings (SSSR count). The second-order valence-corrected chi connectivity index (χ2v) is 9.93. The molecule has 6 saturated carbocycles. The first-order valence-electron chi connectivity index (χ1n) is 10.3. The Balaban J connectivity index is 1.50. The molecular weight excluding hydrogens is 304 g/mol. The summed E-state index contributed by atoms with van der Waals surface area (Å²) in [5.41, 5.74) is 0. The number of aliphatic hydroxyl groups excluding tert-OH is 4. The molecule has 0 aromatic heterocycles. The first-order valence-corrected chi connectivity index (χ1v) is 10.3. The van der Waals surface area contributed by atoms with Crippen LogP contribution in [0.25, 0.3) is 0 Å². The lowest BCUT2D eigenvalue weighted by Crippen LogP contribution is -2.35. The molecule has 4 nitrogen and oxygen atoms in total. The summed E-state index contributed by atoms with van der Waals surface area (Å²) in [5, 5.41) is 41.9. The number of rotatable bonds is 2. The van der Waals surface area contributed by atoms with E-state index in [9.17, 15) is 20.4 Å². The molecule has 0 saturated heterocycles. The van der Waals surface area contributed by atoms with E-state index < -0.39 is 0 Å². The van der Waals surface area contributed by atoms with Crippen molar-refractivity contribution in [1.82, 2.24) is 0 Å². The minimum atomic E-state index is -0.193. The lowest BCUT2D eigenvalue weighted by molar-refractivity contribution is 0.0234. The largest absolute Gasteiger partial charge is 0.396 e. The van der Waals surface area contributed by atoms with Crippen LogP contribution in [-0.4, -0.2) is 45.8 Å². The Bertz CT molecular complexity index is 504. The summed E-state index contributed by atoms with van der Waals surface area (Å²) < 4.78 is 0. The molecule has 4 N–H and O–H groups in total. The molecule has 134 valence electrons. The number of fused-ring (bicyclic) bond motifs is 6. The van der Waals surface area contributed by atoms with Gasteiger partial charge in [0.2, 0.25) is 0 Å². The Kier molecular flexibility index (Phi) is 2.97. The standard InChI is InChI=1S/C20H30O4/c21-5-9-13-7-1-3-11(23)15(7)17-10(6-22)14-8-2-4-12(24)16(8)18(9)20(14)19(13)17/h7-24H,1-6H2/t7-,8-,9-,10+,11+,12-,13+,14-,15-,16+,17+,18+,19-,20-/m0/s1. The summed E-state index contributed by atoms with van der Waals surface area (Å²) in [4.78, 5) is 0. The molecule has 6 aliphatic rings. The molecule has 0 aliphatic heterocycles. The van der Waals surface area contributed by atoms with E-state index in [0.717, 1.165) is 25.7 Å². The van der Waals surface area contributed by atoms with E-state index in [1.807, 2.05) is 0 Å². The third kappa shape index (κ3) is 1.42. The minimum absolute atomic E-state index is 0.193. The molecule has 6 fully saturated rings. The van der Waals surface area contributed by atoms with E-state index in [4.69, 9.17) is 0 Å². The van der Waals surface area contributed by atoms with E-state index in [1.165, 1.54) is 0 Å². The molecule has 0 amide bonds. The van der Waals surface area contributed by atoms with Crippen molar-refractivity contribution in [2.45, 2.75) is 37.9 Å². The van der Waals surface area contributed by atoms with Crippen LogP contribution in [0.2, 0.25) is 0 Å². The summed E-state index contributed by atoms with van der Waals surface area (Å²) >= 11 is 0. The molecule has 0 unspecified atom stereocenters. The van der Waals surface area contributed by atoms with Crippen LogP contribution in [0.4, 0.5) is 0 Å². The van der Waals surface area contributed by atoms with Gasteiger partial charge in [-0.2, -0.15) is 0 Å². The Morgan fingerprint density at radius 1 is 0.500 bits per heavy atom. The second-order valence-electron chi connectivity index (χ2n) is 9.93. The van der Waals surface area contributed by atoms with Gasteiger partial charge in [0.05, 0.1) is 12.2 Å². The Labute approximate surface area is 143 Å². The van der Waals surface area contributed by atoms with Gasteiger partial charge in [-0.05, 0) is 96.7 Å². The molecule has 0 aromatic carbocycles. The van der Waals surface area contributed by atoms with E-state index in [1.54, 1.807) is 0 Å². The van der Waals surface area contributed by atoms with Crippen LogP contribution in [-0.2, 0) is 0 Å². The molecule has 0 spiro atoms. The Morgan fingerprint density at radius 2 is 0.917 bits per heavy atom. The highest BCUT2D eigenvalue weighted by molar-refractivity contribution is 5.24. The average molecular weight is 334 g/mol. The maximum atomic E-state index is 10.7. The second kappa shape index (κ2) is 4.76. The molecule has 0 radical (unpaired) electrons. The molecule has 6 aliphatic carbocycles. The summed E-state index contributed by atoms with van der Waals surface area (Å²) in [6.45, 7) is 0.502. The van der Waals surface area contributed by atoms with Crippen LogP contribution >= 0.6 is 0 Å².